The molecule has 0 spiro atoms. The molecule has 0 bridgehead atoms. The number of rotatable bonds is 7. The van der Waals surface area contributed by atoms with Crippen molar-refractivity contribution < 1.29 is 4.79 Å². The molecular formula is C15H32N4O. The standard InChI is InChI=1S/C15H32N4O/c1-12(2)10-17-15(20)14(4)19-7-5-18(6-8-19)11-13(3)9-16/h12-14H,5-11,16H2,1-4H3,(H,17,20). The Morgan fingerprint density at radius 2 is 1.75 bits per heavy atom. The number of nitrogens with zero attached hydrogens (tertiary/aromatic N) is 2. The van der Waals surface area contributed by atoms with Crippen LogP contribution in [0.4, 0.5) is 0 Å². The average molecular weight is 284 g/mol. The van der Waals surface area contributed by atoms with Crippen molar-refractivity contribution in [1.82, 2.24) is 15.1 Å². The molecule has 0 radical (unpaired) electrons. The predicted molar refractivity (Wildman–Crippen MR) is 83.5 cm³/mol. The maximum absolute atomic E-state index is 12.1. The first kappa shape index (κ1) is 17.4. The van der Waals surface area contributed by atoms with Gasteiger partial charge in [0, 0.05) is 39.3 Å². The normalized spacial score (nSPS) is 20.9. The summed E-state index contributed by atoms with van der Waals surface area (Å²) in [6, 6.07) is -0.0252. The summed E-state index contributed by atoms with van der Waals surface area (Å²) < 4.78 is 0. The quantitative estimate of drug-likeness (QED) is 0.709. The van der Waals surface area contributed by atoms with Gasteiger partial charge in [0.2, 0.25) is 5.91 Å². The second-order valence-electron chi connectivity index (χ2n) is 6.49. The van der Waals surface area contributed by atoms with Gasteiger partial charge in [0.05, 0.1) is 6.04 Å². The smallest absolute Gasteiger partial charge is 0.237 e. The van der Waals surface area contributed by atoms with E-state index in [4.69, 9.17) is 5.73 Å². The lowest BCUT2D eigenvalue weighted by Crippen LogP contribution is -2.54. The molecule has 5 nitrogen and oxygen atoms in total. The lowest BCUT2D eigenvalue weighted by molar-refractivity contribution is -0.126. The fraction of sp³-hybridized carbons (Fsp3) is 0.933. The van der Waals surface area contributed by atoms with Crippen molar-refractivity contribution in [2.24, 2.45) is 17.6 Å². The highest BCUT2D eigenvalue weighted by Crippen LogP contribution is 2.08. The Kier molecular flexibility index (Phi) is 7.48. The number of nitrogens with one attached hydrogen (secondary N) is 1. The van der Waals surface area contributed by atoms with Crippen molar-refractivity contribution in [1.29, 1.82) is 0 Å². The SMILES string of the molecule is CC(C)CNC(=O)C(C)N1CCN(CC(C)CN)CC1. The van der Waals surface area contributed by atoms with Crippen LogP contribution in [0.3, 0.4) is 0 Å². The van der Waals surface area contributed by atoms with Gasteiger partial charge in [-0.1, -0.05) is 20.8 Å². The first-order valence-electron chi connectivity index (χ1n) is 7.88. The van der Waals surface area contributed by atoms with Crippen LogP contribution >= 0.6 is 0 Å². The highest BCUT2D eigenvalue weighted by Gasteiger charge is 2.25. The summed E-state index contributed by atoms with van der Waals surface area (Å²) >= 11 is 0. The third kappa shape index (κ3) is 5.77. The number of hydrogen-bond donors (Lipinski definition) is 2. The van der Waals surface area contributed by atoms with Crippen molar-refractivity contribution in [3.63, 3.8) is 0 Å². The molecule has 1 rings (SSSR count). The summed E-state index contributed by atoms with van der Waals surface area (Å²) in [5, 5.41) is 3.02. The van der Waals surface area contributed by atoms with Crippen molar-refractivity contribution in [3.05, 3.63) is 0 Å². The van der Waals surface area contributed by atoms with E-state index in [1.54, 1.807) is 0 Å². The van der Waals surface area contributed by atoms with Crippen LogP contribution in [0.1, 0.15) is 27.7 Å². The third-order valence-corrected chi connectivity index (χ3v) is 3.99. The molecule has 1 heterocycles. The van der Waals surface area contributed by atoms with E-state index >= 15 is 0 Å². The molecule has 0 saturated carbocycles. The number of nitrogens with two attached hydrogens (primary N) is 1. The molecule has 2 unspecified atom stereocenters. The van der Waals surface area contributed by atoms with Gasteiger partial charge in [-0.15, -0.1) is 0 Å². The highest BCUT2D eigenvalue weighted by molar-refractivity contribution is 5.81. The Labute approximate surface area is 123 Å². The van der Waals surface area contributed by atoms with Gasteiger partial charge in [0.15, 0.2) is 0 Å². The molecule has 0 aromatic carbocycles. The zero-order valence-electron chi connectivity index (χ0n) is 13.6. The first-order valence-corrected chi connectivity index (χ1v) is 7.88. The van der Waals surface area contributed by atoms with Gasteiger partial charge >= 0.3 is 0 Å². The summed E-state index contributed by atoms with van der Waals surface area (Å²) in [6.07, 6.45) is 0. The molecule has 1 amide bonds. The largest absolute Gasteiger partial charge is 0.354 e. The molecule has 1 fully saturated rings. The molecular weight excluding hydrogens is 252 g/mol. The maximum atomic E-state index is 12.1. The second kappa shape index (κ2) is 8.60. The third-order valence-electron chi connectivity index (χ3n) is 3.99. The van der Waals surface area contributed by atoms with Gasteiger partial charge in [-0.3, -0.25) is 9.69 Å². The van der Waals surface area contributed by atoms with E-state index in [1.807, 2.05) is 6.92 Å². The van der Waals surface area contributed by atoms with E-state index in [0.29, 0.717) is 11.8 Å². The highest BCUT2D eigenvalue weighted by atomic mass is 16.2. The number of carbonyl (C=O) groups excluding carboxylic acids is 1. The van der Waals surface area contributed by atoms with Crippen molar-refractivity contribution in [3.8, 4) is 0 Å². The summed E-state index contributed by atoms with van der Waals surface area (Å²) in [5.74, 6) is 1.21. The Hall–Kier alpha value is -0.650. The zero-order valence-corrected chi connectivity index (χ0v) is 13.6. The Bertz CT molecular complexity index is 288. The minimum atomic E-state index is -0.0252. The Balaban J connectivity index is 2.31. The summed E-state index contributed by atoms with van der Waals surface area (Å²) in [6.45, 7) is 15.0. The maximum Gasteiger partial charge on any atom is 0.237 e. The minimum Gasteiger partial charge on any atom is -0.354 e. The van der Waals surface area contributed by atoms with E-state index in [9.17, 15) is 4.79 Å². The van der Waals surface area contributed by atoms with Crippen molar-refractivity contribution >= 4 is 5.91 Å². The Morgan fingerprint density at radius 1 is 1.15 bits per heavy atom. The van der Waals surface area contributed by atoms with E-state index in [-0.39, 0.29) is 11.9 Å². The molecule has 1 saturated heterocycles. The van der Waals surface area contributed by atoms with Crippen LogP contribution in [0.15, 0.2) is 0 Å². The van der Waals surface area contributed by atoms with Crippen molar-refractivity contribution in [2.75, 3.05) is 45.8 Å². The number of amides is 1. The summed E-state index contributed by atoms with van der Waals surface area (Å²) in [7, 11) is 0. The van der Waals surface area contributed by atoms with E-state index in [0.717, 1.165) is 45.8 Å². The Morgan fingerprint density at radius 3 is 2.25 bits per heavy atom. The number of hydrogen-bond acceptors (Lipinski definition) is 4. The van der Waals surface area contributed by atoms with Gasteiger partial charge in [-0.25, -0.2) is 0 Å². The molecule has 118 valence electrons. The minimum absolute atomic E-state index is 0.0252. The molecule has 0 aromatic heterocycles. The van der Waals surface area contributed by atoms with Crippen LogP contribution in [-0.2, 0) is 4.79 Å². The van der Waals surface area contributed by atoms with Crippen LogP contribution in [0.5, 0.6) is 0 Å². The predicted octanol–water partition coefficient (Wildman–Crippen LogP) is 0.360. The zero-order chi connectivity index (χ0) is 15.1. The van der Waals surface area contributed by atoms with Crippen LogP contribution in [0.25, 0.3) is 0 Å². The van der Waals surface area contributed by atoms with Crippen molar-refractivity contribution in [2.45, 2.75) is 33.7 Å². The van der Waals surface area contributed by atoms with E-state index in [1.165, 1.54) is 0 Å². The molecule has 0 aliphatic carbocycles. The second-order valence-corrected chi connectivity index (χ2v) is 6.49. The summed E-state index contributed by atoms with van der Waals surface area (Å²) in [5.41, 5.74) is 5.67. The molecule has 1 aliphatic heterocycles. The monoisotopic (exact) mass is 284 g/mol. The van der Waals surface area contributed by atoms with E-state index in [2.05, 4.69) is 35.9 Å². The lowest BCUT2D eigenvalue weighted by Gasteiger charge is -2.38. The van der Waals surface area contributed by atoms with Crippen LogP contribution in [-0.4, -0.2) is 67.6 Å². The van der Waals surface area contributed by atoms with Gasteiger partial charge < -0.3 is 16.0 Å². The first-order chi connectivity index (χ1) is 9.43. The fourth-order valence-corrected chi connectivity index (χ4v) is 2.47. The molecule has 1 aliphatic rings. The average Bonchev–Trinajstić information content (AvgIpc) is 2.44. The van der Waals surface area contributed by atoms with Gasteiger partial charge in [0.1, 0.15) is 0 Å². The summed E-state index contributed by atoms with van der Waals surface area (Å²) in [4.78, 5) is 16.8. The molecule has 3 N–H and O–H groups in total. The molecule has 5 heteroatoms. The lowest BCUT2D eigenvalue weighted by atomic mass is 10.1. The molecule has 2 atom stereocenters. The van der Waals surface area contributed by atoms with Gasteiger partial charge in [-0.05, 0) is 25.3 Å². The van der Waals surface area contributed by atoms with E-state index < -0.39 is 0 Å². The van der Waals surface area contributed by atoms with Crippen LogP contribution < -0.4 is 11.1 Å². The van der Waals surface area contributed by atoms with Crippen LogP contribution in [0.2, 0.25) is 0 Å². The van der Waals surface area contributed by atoms with Gasteiger partial charge in [-0.2, -0.15) is 0 Å². The molecule has 20 heavy (non-hydrogen) atoms. The fourth-order valence-electron chi connectivity index (χ4n) is 2.47. The molecule has 0 aromatic rings. The topological polar surface area (TPSA) is 61.6 Å². The number of carbonyl (C=O) groups is 1. The van der Waals surface area contributed by atoms with Crippen LogP contribution in [0, 0.1) is 11.8 Å². The van der Waals surface area contributed by atoms with Gasteiger partial charge in [0.25, 0.3) is 0 Å². The number of piperazine rings is 1.